The standard InChI is InChI=1S/C13H12O5/c1-18-13-6-9(3-5-12(13)17)2-4-10(15)7-11(16)8-14/h2-6,8,17H,7H2,1H3. The number of allylic oxidation sites excluding steroid dienone is 1. The second-order valence-electron chi connectivity index (χ2n) is 3.49. The highest BCUT2D eigenvalue weighted by molar-refractivity contribution is 6.30. The predicted molar refractivity (Wildman–Crippen MR) is 64.4 cm³/mol. The number of aldehydes is 1. The molecule has 5 nitrogen and oxygen atoms in total. The second-order valence-corrected chi connectivity index (χ2v) is 3.49. The summed E-state index contributed by atoms with van der Waals surface area (Å²) < 4.78 is 4.91. The van der Waals surface area contributed by atoms with Crippen molar-refractivity contribution in [2.75, 3.05) is 7.11 Å². The van der Waals surface area contributed by atoms with Gasteiger partial charge in [-0.15, -0.1) is 0 Å². The Labute approximate surface area is 104 Å². The highest BCUT2D eigenvalue weighted by Crippen LogP contribution is 2.26. The molecular formula is C13H12O5. The topological polar surface area (TPSA) is 80.7 Å². The molecule has 1 aromatic carbocycles. The van der Waals surface area contributed by atoms with E-state index in [9.17, 15) is 19.5 Å². The van der Waals surface area contributed by atoms with Crippen molar-refractivity contribution < 1.29 is 24.2 Å². The number of carbonyl (C=O) groups is 3. The van der Waals surface area contributed by atoms with Gasteiger partial charge < -0.3 is 9.84 Å². The van der Waals surface area contributed by atoms with E-state index in [-0.39, 0.29) is 17.8 Å². The van der Waals surface area contributed by atoms with Gasteiger partial charge in [0.05, 0.1) is 13.5 Å². The summed E-state index contributed by atoms with van der Waals surface area (Å²) in [5, 5.41) is 9.36. The Bertz CT molecular complexity index is 502. The number of rotatable bonds is 6. The Morgan fingerprint density at radius 2 is 2.06 bits per heavy atom. The third kappa shape index (κ3) is 3.86. The Hall–Kier alpha value is -2.43. The number of benzene rings is 1. The molecule has 0 atom stereocenters. The van der Waals surface area contributed by atoms with Crippen LogP contribution in [0.3, 0.4) is 0 Å². The zero-order valence-corrected chi connectivity index (χ0v) is 9.75. The summed E-state index contributed by atoms with van der Waals surface area (Å²) in [6.07, 6.45) is 2.36. The number of phenolic OH excluding ortho intramolecular Hbond substituents is 1. The summed E-state index contributed by atoms with van der Waals surface area (Å²) in [7, 11) is 1.41. The van der Waals surface area contributed by atoms with E-state index in [2.05, 4.69) is 0 Å². The van der Waals surface area contributed by atoms with Crippen molar-refractivity contribution in [3.63, 3.8) is 0 Å². The van der Waals surface area contributed by atoms with E-state index in [0.29, 0.717) is 5.56 Å². The van der Waals surface area contributed by atoms with Gasteiger partial charge in [0.1, 0.15) is 0 Å². The lowest BCUT2D eigenvalue weighted by atomic mass is 10.1. The monoisotopic (exact) mass is 248 g/mol. The van der Waals surface area contributed by atoms with Crippen LogP contribution < -0.4 is 4.74 Å². The van der Waals surface area contributed by atoms with Crippen molar-refractivity contribution in [2.24, 2.45) is 0 Å². The molecule has 1 N–H and O–H groups in total. The largest absolute Gasteiger partial charge is 0.504 e. The fraction of sp³-hybridized carbons (Fsp3) is 0.154. The van der Waals surface area contributed by atoms with E-state index in [0.717, 1.165) is 0 Å². The SMILES string of the molecule is COc1cc(C=CC(=O)CC(=O)C=O)ccc1O. The van der Waals surface area contributed by atoms with E-state index in [1.165, 1.54) is 25.3 Å². The van der Waals surface area contributed by atoms with Gasteiger partial charge in [0.15, 0.2) is 23.6 Å². The fourth-order valence-corrected chi connectivity index (χ4v) is 1.26. The highest BCUT2D eigenvalue weighted by Gasteiger charge is 2.05. The van der Waals surface area contributed by atoms with Gasteiger partial charge in [0.25, 0.3) is 0 Å². The van der Waals surface area contributed by atoms with Gasteiger partial charge in [0, 0.05) is 0 Å². The molecule has 0 aliphatic rings. The first-order valence-corrected chi connectivity index (χ1v) is 5.12. The summed E-state index contributed by atoms with van der Waals surface area (Å²) in [5.41, 5.74) is 0.636. The number of ketones is 2. The molecule has 0 radical (unpaired) electrons. The van der Waals surface area contributed by atoms with Gasteiger partial charge in [0.2, 0.25) is 5.78 Å². The molecule has 0 amide bonds. The Balaban J connectivity index is 2.75. The third-order valence-corrected chi connectivity index (χ3v) is 2.15. The Morgan fingerprint density at radius 3 is 2.67 bits per heavy atom. The normalized spacial score (nSPS) is 10.3. The summed E-state index contributed by atoms with van der Waals surface area (Å²) >= 11 is 0. The quantitative estimate of drug-likeness (QED) is 0.353. The third-order valence-electron chi connectivity index (χ3n) is 2.15. The molecule has 5 heteroatoms. The zero-order valence-electron chi connectivity index (χ0n) is 9.75. The van der Waals surface area contributed by atoms with Crippen LogP contribution >= 0.6 is 0 Å². The van der Waals surface area contributed by atoms with Gasteiger partial charge in [-0.25, -0.2) is 0 Å². The van der Waals surface area contributed by atoms with Gasteiger partial charge >= 0.3 is 0 Å². The zero-order chi connectivity index (χ0) is 13.5. The number of Topliss-reactive ketones (excluding diaryl/α,β-unsaturated/α-hetero) is 1. The molecule has 0 saturated heterocycles. The summed E-state index contributed by atoms with van der Waals surface area (Å²) in [4.78, 5) is 32.0. The molecule has 94 valence electrons. The molecule has 0 fully saturated rings. The summed E-state index contributed by atoms with van der Waals surface area (Å²) in [6, 6.07) is 4.56. The maximum Gasteiger partial charge on any atom is 0.202 e. The van der Waals surface area contributed by atoms with E-state index in [1.54, 1.807) is 12.1 Å². The number of carbonyl (C=O) groups excluding carboxylic acids is 3. The van der Waals surface area contributed by atoms with Gasteiger partial charge in [-0.05, 0) is 23.8 Å². The lowest BCUT2D eigenvalue weighted by molar-refractivity contribution is -0.132. The Kier molecular flexibility index (Phi) is 4.80. The first-order valence-electron chi connectivity index (χ1n) is 5.12. The number of phenols is 1. The van der Waals surface area contributed by atoms with Crippen LogP contribution in [0.5, 0.6) is 11.5 Å². The molecule has 1 rings (SSSR count). The van der Waals surface area contributed by atoms with Crippen molar-refractivity contribution in [2.45, 2.75) is 6.42 Å². The smallest absolute Gasteiger partial charge is 0.202 e. The first-order chi connectivity index (χ1) is 8.56. The number of aromatic hydroxyl groups is 1. The van der Waals surface area contributed by atoms with Crippen LogP contribution in [0.4, 0.5) is 0 Å². The molecule has 0 bridgehead atoms. The van der Waals surface area contributed by atoms with Gasteiger partial charge in [-0.1, -0.05) is 12.1 Å². The van der Waals surface area contributed by atoms with E-state index in [1.807, 2.05) is 0 Å². The molecule has 0 spiro atoms. The number of hydrogen-bond acceptors (Lipinski definition) is 5. The average Bonchev–Trinajstić information content (AvgIpc) is 2.37. The van der Waals surface area contributed by atoms with Crippen LogP contribution in [0, 0.1) is 0 Å². The molecule has 0 aliphatic carbocycles. The van der Waals surface area contributed by atoms with Crippen LogP contribution in [0.15, 0.2) is 24.3 Å². The summed E-state index contributed by atoms with van der Waals surface area (Å²) in [5.74, 6) is -0.933. The number of ether oxygens (including phenoxy) is 1. The van der Waals surface area contributed by atoms with Crippen LogP contribution in [-0.2, 0) is 14.4 Å². The Morgan fingerprint density at radius 1 is 1.33 bits per heavy atom. The number of methoxy groups -OCH3 is 1. The predicted octanol–water partition coefficient (Wildman–Crippen LogP) is 1.14. The van der Waals surface area contributed by atoms with Crippen LogP contribution in [-0.4, -0.2) is 30.1 Å². The molecular weight excluding hydrogens is 236 g/mol. The maximum atomic E-state index is 11.3. The lowest BCUT2D eigenvalue weighted by Crippen LogP contribution is -2.05. The highest BCUT2D eigenvalue weighted by atomic mass is 16.5. The van der Waals surface area contributed by atoms with Crippen LogP contribution in [0.25, 0.3) is 6.08 Å². The lowest BCUT2D eigenvalue weighted by Gasteiger charge is -2.03. The molecule has 0 aromatic heterocycles. The fourth-order valence-electron chi connectivity index (χ4n) is 1.26. The van der Waals surface area contributed by atoms with Crippen molar-refractivity contribution in [3.05, 3.63) is 29.8 Å². The van der Waals surface area contributed by atoms with E-state index in [4.69, 9.17) is 4.74 Å². The van der Waals surface area contributed by atoms with Crippen molar-refractivity contribution >= 4 is 23.9 Å². The molecule has 0 aliphatic heterocycles. The van der Waals surface area contributed by atoms with E-state index < -0.39 is 18.0 Å². The van der Waals surface area contributed by atoms with Crippen molar-refractivity contribution in [1.82, 2.24) is 0 Å². The van der Waals surface area contributed by atoms with Crippen molar-refractivity contribution in [1.29, 1.82) is 0 Å². The number of hydrogen-bond donors (Lipinski definition) is 1. The van der Waals surface area contributed by atoms with Gasteiger partial charge in [-0.2, -0.15) is 0 Å². The second kappa shape index (κ2) is 6.34. The molecule has 18 heavy (non-hydrogen) atoms. The maximum absolute atomic E-state index is 11.3. The minimum atomic E-state index is -0.757. The molecule has 0 saturated carbocycles. The average molecular weight is 248 g/mol. The molecule has 1 aromatic rings. The van der Waals surface area contributed by atoms with Crippen LogP contribution in [0.2, 0.25) is 0 Å². The summed E-state index contributed by atoms with van der Waals surface area (Å²) in [6.45, 7) is 0. The minimum Gasteiger partial charge on any atom is -0.504 e. The van der Waals surface area contributed by atoms with E-state index >= 15 is 0 Å². The first kappa shape index (κ1) is 13.6. The molecule has 0 heterocycles. The molecule has 0 unspecified atom stereocenters. The van der Waals surface area contributed by atoms with Crippen LogP contribution in [0.1, 0.15) is 12.0 Å². The van der Waals surface area contributed by atoms with Crippen molar-refractivity contribution in [3.8, 4) is 11.5 Å². The van der Waals surface area contributed by atoms with Gasteiger partial charge in [-0.3, -0.25) is 14.4 Å². The minimum absolute atomic E-state index is 0.00268.